The van der Waals surface area contributed by atoms with Gasteiger partial charge >= 0.3 is 5.97 Å². The number of furan rings is 1. The summed E-state index contributed by atoms with van der Waals surface area (Å²) >= 11 is 0. The predicted octanol–water partition coefficient (Wildman–Crippen LogP) is 4.07. The number of benzene rings is 1. The quantitative estimate of drug-likeness (QED) is 0.758. The zero-order valence-corrected chi connectivity index (χ0v) is 13.5. The smallest absolute Gasteiger partial charge is 0.303 e. The zero-order chi connectivity index (χ0) is 15.9. The van der Waals surface area contributed by atoms with E-state index in [4.69, 9.17) is 9.52 Å². The van der Waals surface area contributed by atoms with E-state index in [0.717, 1.165) is 43.7 Å². The van der Waals surface area contributed by atoms with Gasteiger partial charge in [-0.3, -0.25) is 4.79 Å². The molecule has 1 aromatic heterocycles. The normalized spacial score (nSPS) is 11.4. The molecule has 0 aliphatic rings. The monoisotopic (exact) mass is 303 g/mol. The van der Waals surface area contributed by atoms with Crippen molar-refractivity contribution in [1.82, 2.24) is 4.90 Å². The topological polar surface area (TPSA) is 53.7 Å². The third-order valence-corrected chi connectivity index (χ3v) is 3.90. The van der Waals surface area contributed by atoms with Crippen LogP contribution in [-0.2, 0) is 17.8 Å². The maximum Gasteiger partial charge on any atom is 0.303 e. The van der Waals surface area contributed by atoms with Gasteiger partial charge in [-0.2, -0.15) is 0 Å². The average molecular weight is 303 g/mol. The summed E-state index contributed by atoms with van der Waals surface area (Å²) in [6, 6.07) is 8.15. The summed E-state index contributed by atoms with van der Waals surface area (Å²) < 4.78 is 6.02. The van der Waals surface area contributed by atoms with Crippen molar-refractivity contribution >= 4 is 16.9 Å². The number of carboxylic acid groups (broad SMARTS) is 1. The van der Waals surface area contributed by atoms with Gasteiger partial charge in [0.1, 0.15) is 11.3 Å². The number of nitrogens with zero attached hydrogens (tertiary/aromatic N) is 1. The standard InChI is InChI=1S/C18H25NO3/c1-3-4-9-17-15(13-19(2)12-7-11-18(20)21)14-8-5-6-10-16(14)22-17/h5-6,8,10H,3-4,7,9,11-13H2,1-2H3,(H,20,21). The molecule has 0 saturated carbocycles. The van der Waals surface area contributed by atoms with Crippen LogP contribution in [0.3, 0.4) is 0 Å². The molecule has 0 spiro atoms. The van der Waals surface area contributed by atoms with Crippen molar-refractivity contribution in [3.63, 3.8) is 0 Å². The molecule has 0 radical (unpaired) electrons. The van der Waals surface area contributed by atoms with E-state index in [-0.39, 0.29) is 6.42 Å². The van der Waals surface area contributed by atoms with Gasteiger partial charge in [0.15, 0.2) is 0 Å². The largest absolute Gasteiger partial charge is 0.481 e. The second-order valence-corrected chi connectivity index (χ2v) is 5.84. The van der Waals surface area contributed by atoms with Gasteiger partial charge < -0.3 is 14.4 Å². The van der Waals surface area contributed by atoms with Crippen LogP contribution in [-0.4, -0.2) is 29.6 Å². The molecule has 22 heavy (non-hydrogen) atoms. The van der Waals surface area contributed by atoms with Crippen LogP contribution in [0.5, 0.6) is 0 Å². The maximum absolute atomic E-state index is 10.6. The van der Waals surface area contributed by atoms with E-state index < -0.39 is 5.97 Å². The van der Waals surface area contributed by atoms with E-state index >= 15 is 0 Å². The number of rotatable bonds is 9. The van der Waals surface area contributed by atoms with Gasteiger partial charge in [0.2, 0.25) is 0 Å². The van der Waals surface area contributed by atoms with Crippen LogP contribution in [0.25, 0.3) is 11.0 Å². The van der Waals surface area contributed by atoms with Crippen molar-refractivity contribution in [1.29, 1.82) is 0 Å². The fourth-order valence-corrected chi connectivity index (χ4v) is 2.71. The number of carboxylic acids is 1. The number of carbonyl (C=O) groups is 1. The lowest BCUT2D eigenvalue weighted by Crippen LogP contribution is -2.20. The first-order chi connectivity index (χ1) is 10.6. The lowest BCUT2D eigenvalue weighted by Gasteiger charge is -2.16. The molecule has 4 nitrogen and oxygen atoms in total. The number of aryl methyl sites for hydroxylation is 1. The van der Waals surface area contributed by atoms with Gasteiger partial charge in [-0.15, -0.1) is 0 Å². The van der Waals surface area contributed by atoms with Gasteiger partial charge in [-0.25, -0.2) is 0 Å². The van der Waals surface area contributed by atoms with Crippen molar-refractivity contribution in [3.05, 3.63) is 35.6 Å². The fraction of sp³-hybridized carbons (Fsp3) is 0.500. The van der Waals surface area contributed by atoms with Crippen molar-refractivity contribution in [2.45, 2.75) is 45.6 Å². The van der Waals surface area contributed by atoms with Gasteiger partial charge in [0, 0.05) is 30.3 Å². The number of fused-ring (bicyclic) bond motifs is 1. The van der Waals surface area contributed by atoms with E-state index in [0.29, 0.717) is 6.42 Å². The summed E-state index contributed by atoms with van der Waals surface area (Å²) in [4.78, 5) is 12.8. The highest BCUT2D eigenvalue weighted by atomic mass is 16.4. The highest BCUT2D eigenvalue weighted by Crippen LogP contribution is 2.28. The SMILES string of the molecule is CCCCc1oc2ccccc2c1CN(C)CCCC(=O)O. The molecule has 0 aliphatic heterocycles. The lowest BCUT2D eigenvalue weighted by molar-refractivity contribution is -0.137. The van der Waals surface area contributed by atoms with Crippen LogP contribution in [0, 0.1) is 0 Å². The molecule has 0 amide bonds. The summed E-state index contributed by atoms with van der Waals surface area (Å²) in [6.07, 6.45) is 4.12. The highest BCUT2D eigenvalue weighted by Gasteiger charge is 2.15. The highest BCUT2D eigenvalue weighted by molar-refractivity contribution is 5.82. The Balaban J connectivity index is 2.11. The van der Waals surface area contributed by atoms with Gasteiger partial charge in [0.25, 0.3) is 0 Å². The van der Waals surface area contributed by atoms with Crippen LogP contribution in [0.15, 0.2) is 28.7 Å². The molecule has 1 N–H and O–H groups in total. The molecule has 0 bridgehead atoms. The minimum absolute atomic E-state index is 0.221. The summed E-state index contributed by atoms with van der Waals surface area (Å²) in [5.41, 5.74) is 2.20. The van der Waals surface area contributed by atoms with Crippen LogP contribution >= 0.6 is 0 Å². The fourth-order valence-electron chi connectivity index (χ4n) is 2.71. The zero-order valence-electron chi connectivity index (χ0n) is 13.5. The summed E-state index contributed by atoms with van der Waals surface area (Å²) in [7, 11) is 2.03. The molecule has 0 atom stereocenters. The van der Waals surface area contributed by atoms with Gasteiger partial charge in [-0.1, -0.05) is 31.5 Å². The number of para-hydroxylation sites is 1. The Labute approximate surface area is 131 Å². The molecule has 0 aliphatic carbocycles. The van der Waals surface area contributed by atoms with Gasteiger partial charge in [0.05, 0.1) is 0 Å². The second kappa shape index (κ2) is 7.99. The minimum atomic E-state index is -0.731. The molecule has 1 heterocycles. The van der Waals surface area contributed by atoms with Gasteiger partial charge in [-0.05, 0) is 32.5 Å². The Morgan fingerprint density at radius 1 is 1.27 bits per heavy atom. The van der Waals surface area contributed by atoms with Crippen molar-refractivity contribution in [3.8, 4) is 0 Å². The van der Waals surface area contributed by atoms with Crippen LogP contribution < -0.4 is 0 Å². The number of hydrogen-bond acceptors (Lipinski definition) is 3. The van der Waals surface area contributed by atoms with E-state index in [2.05, 4.69) is 17.9 Å². The predicted molar refractivity (Wildman–Crippen MR) is 88.0 cm³/mol. The Morgan fingerprint density at radius 3 is 2.77 bits per heavy atom. The lowest BCUT2D eigenvalue weighted by atomic mass is 10.1. The molecule has 4 heteroatoms. The summed E-state index contributed by atoms with van der Waals surface area (Å²) in [5.74, 6) is 0.346. The van der Waals surface area contributed by atoms with Crippen LogP contribution in [0.1, 0.15) is 43.9 Å². The first-order valence-electron chi connectivity index (χ1n) is 8.01. The van der Waals surface area contributed by atoms with E-state index in [1.54, 1.807) is 0 Å². The van der Waals surface area contributed by atoms with Crippen molar-refractivity contribution in [2.75, 3.05) is 13.6 Å². The van der Waals surface area contributed by atoms with Crippen LogP contribution in [0.2, 0.25) is 0 Å². The average Bonchev–Trinajstić information content (AvgIpc) is 2.83. The molecular weight excluding hydrogens is 278 g/mol. The third kappa shape index (κ3) is 4.34. The van der Waals surface area contributed by atoms with E-state index in [9.17, 15) is 4.79 Å². The Kier molecular flexibility index (Phi) is 6.01. The Bertz CT molecular complexity index is 618. The Morgan fingerprint density at radius 2 is 2.05 bits per heavy atom. The summed E-state index contributed by atoms with van der Waals surface area (Å²) in [6.45, 7) is 3.76. The second-order valence-electron chi connectivity index (χ2n) is 5.84. The Hall–Kier alpha value is -1.81. The number of aliphatic carboxylic acids is 1. The minimum Gasteiger partial charge on any atom is -0.481 e. The number of hydrogen-bond donors (Lipinski definition) is 1. The van der Waals surface area contributed by atoms with Crippen molar-refractivity contribution in [2.24, 2.45) is 0 Å². The van der Waals surface area contributed by atoms with E-state index in [1.165, 1.54) is 10.9 Å². The molecule has 0 saturated heterocycles. The van der Waals surface area contributed by atoms with Crippen molar-refractivity contribution < 1.29 is 14.3 Å². The molecule has 120 valence electrons. The van der Waals surface area contributed by atoms with E-state index in [1.807, 2.05) is 25.2 Å². The first kappa shape index (κ1) is 16.6. The number of unbranched alkanes of at least 4 members (excludes halogenated alkanes) is 1. The molecule has 2 aromatic rings. The third-order valence-electron chi connectivity index (χ3n) is 3.90. The maximum atomic E-state index is 10.6. The molecule has 2 rings (SSSR count). The summed E-state index contributed by atoms with van der Waals surface area (Å²) in [5, 5.41) is 9.91. The molecular formula is C18H25NO3. The first-order valence-corrected chi connectivity index (χ1v) is 8.01. The molecule has 1 aromatic carbocycles. The molecule has 0 unspecified atom stereocenters. The molecule has 0 fully saturated rings. The van der Waals surface area contributed by atoms with Crippen LogP contribution in [0.4, 0.5) is 0 Å².